The second-order valence-corrected chi connectivity index (χ2v) is 5.40. The normalized spacial score (nSPS) is 16.7. The standard InChI is InChI=1S/C16H22N2O4/c19-11-10-18(16(22)17-9-8-15(20)21)14-7-3-5-12-4-1-2-6-13(12)14/h1-2,4,6,14,19H,3,5,7-11H2,(H,17,22)(H,20,21). The van der Waals surface area contributed by atoms with E-state index in [0.29, 0.717) is 0 Å². The third-order valence-corrected chi connectivity index (χ3v) is 3.93. The first-order chi connectivity index (χ1) is 10.6. The Morgan fingerprint density at radius 2 is 2.09 bits per heavy atom. The number of fused-ring (bicyclic) bond motifs is 1. The number of amides is 2. The van der Waals surface area contributed by atoms with Crippen LogP contribution in [0.25, 0.3) is 0 Å². The largest absolute Gasteiger partial charge is 0.481 e. The Labute approximate surface area is 129 Å². The molecular weight excluding hydrogens is 284 g/mol. The molecule has 1 aliphatic rings. The lowest BCUT2D eigenvalue weighted by Crippen LogP contribution is -2.45. The molecule has 6 heteroatoms. The summed E-state index contributed by atoms with van der Waals surface area (Å²) in [5, 5.41) is 20.5. The monoisotopic (exact) mass is 306 g/mol. The second kappa shape index (κ2) is 7.79. The van der Waals surface area contributed by atoms with E-state index in [4.69, 9.17) is 5.11 Å². The van der Waals surface area contributed by atoms with Crippen molar-refractivity contribution in [1.29, 1.82) is 0 Å². The Hall–Kier alpha value is -2.08. The highest BCUT2D eigenvalue weighted by atomic mass is 16.4. The van der Waals surface area contributed by atoms with Crippen LogP contribution in [0.4, 0.5) is 4.79 Å². The molecular formula is C16H22N2O4. The van der Waals surface area contributed by atoms with Gasteiger partial charge in [-0.15, -0.1) is 0 Å². The van der Waals surface area contributed by atoms with Crippen LogP contribution in [0, 0.1) is 0 Å². The maximum absolute atomic E-state index is 12.3. The van der Waals surface area contributed by atoms with E-state index in [1.165, 1.54) is 5.56 Å². The Morgan fingerprint density at radius 1 is 1.32 bits per heavy atom. The number of benzene rings is 1. The van der Waals surface area contributed by atoms with Crippen LogP contribution in [-0.4, -0.2) is 46.8 Å². The summed E-state index contributed by atoms with van der Waals surface area (Å²) in [5.41, 5.74) is 2.36. The Kier molecular flexibility index (Phi) is 5.77. The first kappa shape index (κ1) is 16.3. The molecule has 6 nitrogen and oxygen atoms in total. The molecule has 1 atom stereocenters. The molecule has 0 saturated carbocycles. The zero-order valence-electron chi connectivity index (χ0n) is 12.5. The highest BCUT2D eigenvalue weighted by molar-refractivity contribution is 5.76. The fourth-order valence-electron chi connectivity index (χ4n) is 2.94. The first-order valence-electron chi connectivity index (χ1n) is 7.58. The summed E-state index contributed by atoms with van der Waals surface area (Å²) >= 11 is 0. The zero-order valence-corrected chi connectivity index (χ0v) is 12.5. The summed E-state index contributed by atoms with van der Waals surface area (Å²) in [5.74, 6) is -0.947. The van der Waals surface area contributed by atoms with Crippen LogP contribution in [-0.2, 0) is 11.2 Å². The molecule has 1 aromatic rings. The number of rotatable bonds is 6. The van der Waals surface area contributed by atoms with Gasteiger partial charge in [0.15, 0.2) is 0 Å². The fraction of sp³-hybridized carbons (Fsp3) is 0.500. The number of carboxylic acid groups (broad SMARTS) is 1. The molecule has 0 saturated heterocycles. The van der Waals surface area contributed by atoms with Crippen molar-refractivity contribution in [3.05, 3.63) is 35.4 Å². The summed E-state index contributed by atoms with van der Waals surface area (Å²) < 4.78 is 0. The van der Waals surface area contributed by atoms with Gasteiger partial charge in [0.25, 0.3) is 0 Å². The molecule has 1 aromatic carbocycles. The van der Waals surface area contributed by atoms with Crippen molar-refractivity contribution in [1.82, 2.24) is 10.2 Å². The fourth-order valence-corrected chi connectivity index (χ4v) is 2.94. The SMILES string of the molecule is O=C(O)CCNC(=O)N(CCO)C1CCCc2ccccc21. The maximum Gasteiger partial charge on any atom is 0.318 e. The molecule has 3 N–H and O–H groups in total. The van der Waals surface area contributed by atoms with Crippen LogP contribution in [0.15, 0.2) is 24.3 Å². The van der Waals surface area contributed by atoms with Crippen molar-refractivity contribution in [2.45, 2.75) is 31.7 Å². The Morgan fingerprint density at radius 3 is 2.82 bits per heavy atom. The average Bonchev–Trinajstić information content (AvgIpc) is 2.51. The van der Waals surface area contributed by atoms with Gasteiger partial charge in [-0.25, -0.2) is 4.79 Å². The minimum atomic E-state index is -0.947. The number of carbonyl (C=O) groups excluding carboxylic acids is 1. The van der Waals surface area contributed by atoms with Crippen molar-refractivity contribution < 1.29 is 19.8 Å². The Bertz CT molecular complexity index is 533. The number of hydrogen-bond donors (Lipinski definition) is 3. The molecule has 1 unspecified atom stereocenters. The maximum atomic E-state index is 12.3. The van der Waals surface area contributed by atoms with Crippen LogP contribution in [0.1, 0.15) is 36.4 Å². The molecule has 0 radical (unpaired) electrons. The van der Waals surface area contributed by atoms with E-state index in [1.807, 2.05) is 18.2 Å². The second-order valence-electron chi connectivity index (χ2n) is 5.40. The third kappa shape index (κ3) is 3.98. The van der Waals surface area contributed by atoms with E-state index in [2.05, 4.69) is 11.4 Å². The van der Waals surface area contributed by atoms with Crippen molar-refractivity contribution >= 4 is 12.0 Å². The smallest absolute Gasteiger partial charge is 0.318 e. The van der Waals surface area contributed by atoms with Crippen LogP contribution < -0.4 is 5.32 Å². The van der Waals surface area contributed by atoms with E-state index in [9.17, 15) is 14.7 Å². The number of hydrogen-bond acceptors (Lipinski definition) is 3. The molecule has 0 aliphatic heterocycles. The molecule has 1 aliphatic carbocycles. The summed E-state index contributed by atoms with van der Waals surface area (Å²) in [4.78, 5) is 24.5. The van der Waals surface area contributed by atoms with Gasteiger partial charge in [0.05, 0.1) is 19.1 Å². The number of aliphatic carboxylic acids is 1. The number of nitrogens with zero attached hydrogens (tertiary/aromatic N) is 1. The molecule has 2 rings (SSSR count). The number of aliphatic hydroxyl groups is 1. The van der Waals surface area contributed by atoms with Gasteiger partial charge in [-0.3, -0.25) is 4.79 Å². The van der Waals surface area contributed by atoms with Gasteiger partial charge in [0.1, 0.15) is 0 Å². The van der Waals surface area contributed by atoms with E-state index in [1.54, 1.807) is 4.90 Å². The summed E-state index contributed by atoms with van der Waals surface area (Å²) in [6.07, 6.45) is 2.73. The minimum Gasteiger partial charge on any atom is -0.481 e. The highest BCUT2D eigenvalue weighted by Crippen LogP contribution is 2.34. The molecule has 0 aromatic heterocycles. The van der Waals surface area contributed by atoms with Crippen LogP contribution in [0.5, 0.6) is 0 Å². The number of aryl methyl sites for hydroxylation is 1. The quantitative estimate of drug-likeness (QED) is 0.743. The Balaban J connectivity index is 2.11. The molecule has 22 heavy (non-hydrogen) atoms. The van der Waals surface area contributed by atoms with Gasteiger partial charge in [-0.1, -0.05) is 24.3 Å². The molecule has 0 heterocycles. The number of carboxylic acids is 1. The zero-order chi connectivity index (χ0) is 15.9. The topological polar surface area (TPSA) is 89.9 Å². The van der Waals surface area contributed by atoms with Crippen LogP contribution >= 0.6 is 0 Å². The van der Waals surface area contributed by atoms with Gasteiger partial charge in [-0.2, -0.15) is 0 Å². The molecule has 120 valence electrons. The molecule has 2 amide bonds. The van der Waals surface area contributed by atoms with Crippen LogP contribution in [0.3, 0.4) is 0 Å². The average molecular weight is 306 g/mol. The molecule has 0 spiro atoms. The lowest BCUT2D eigenvalue weighted by atomic mass is 9.87. The summed E-state index contributed by atoms with van der Waals surface area (Å²) in [6, 6.07) is 7.65. The summed E-state index contributed by atoms with van der Waals surface area (Å²) in [7, 11) is 0. The predicted octanol–water partition coefficient (Wildman–Crippen LogP) is 1.54. The lowest BCUT2D eigenvalue weighted by Gasteiger charge is -2.35. The number of nitrogens with one attached hydrogen (secondary N) is 1. The number of aliphatic hydroxyl groups excluding tert-OH is 1. The van der Waals surface area contributed by atoms with Gasteiger partial charge in [0.2, 0.25) is 0 Å². The predicted molar refractivity (Wildman–Crippen MR) is 81.6 cm³/mol. The highest BCUT2D eigenvalue weighted by Gasteiger charge is 2.28. The van der Waals surface area contributed by atoms with Crippen molar-refractivity contribution in [2.75, 3.05) is 19.7 Å². The number of carbonyl (C=O) groups is 2. The minimum absolute atomic E-state index is 0.0677. The van der Waals surface area contributed by atoms with E-state index in [-0.39, 0.29) is 38.2 Å². The first-order valence-corrected chi connectivity index (χ1v) is 7.58. The van der Waals surface area contributed by atoms with Gasteiger partial charge >= 0.3 is 12.0 Å². The molecule has 0 bridgehead atoms. The van der Waals surface area contributed by atoms with Gasteiger partial charge in [0, 0.05) is 13.1 Å². The van der Waals surface area contributed by atoms with Crippen molar-refractivity contribution in [3.8, 4) is 0 Å². The van der Waals surface area contributed by atoms with Crippen LogP contribution in [0.2, 0.25) is 0 Å². The van der Waals surface area contributed by atoms with Crippen molar-refractivity contribution in [2.24, 2.45) is 0 Å². The van der Waals surface area contributed by atoms with Gasteiger partial charge in [-0.05, 0) is 30.4 Å². The van der Waals surface area contributed by atoms with Gasteiger partial charge < -0.3 is 20.4 Å². The number of urea groups is 1. The van der Waals surface area contributed by atoms with E-state index < -0.39 is 5.97 Å². The van der Waals surface area contributed by atoms with E-state index in [0.717, 1.165) is 24.8 Å². The summed E-state index contributed by atoms with van der Waals surface area (Å²) in [6.45, 7) is 0.202. The third-order valence-electron chi connectivity index (χ3n) is 3.93. The van der Waals surface area contributed by atoms with Crippen molar-refractivity contribution in [3.63, 3.8) is 0 Å². The molecule has 0 fully saturated rings. The van der Waals surface area contributed by atoms with E-state index >= 15 is 0 Å². The lowest BCUT2D eigenvalue weighted by molar-refractivity contribution is -0.136.